The van der Waals surface area contributed by atoms with Crippen LogP contribution >= 0.6 is 0 Å². The van der Waals surface area contributed by atoms with E-state index in [9.17, 15) is 9.59 Å². The molecular weight excluding hydrogens is 204 g/mol. The molecule has 4 nitrogen and oxygen atoms in total. The van der Waals surface area contributed by atoms with Gasteiger partial charge in [-0.05, 0) is 25.3 Å². The fourth-order valence-corrected chi connectivity index (χ4v) is 1.41. The molecule has 0 aromatic rings. The SMILES string of the molecule is CN[C@@H](CC(C)C)C(=O)N[C@H]([C]=O)C(C)C. The Morgan fingerprint density at radius 2 is 1.81 bits per heavy atom. The molecule has 0 aliphatic carbocycles. The quantitative estimate of drug-likeness (QED) is 0.678. The lowest BCUT2D eigenvalue weighted by molar-refractivity contribution is -0.124. The van der Waals surface area contributed by atoms with E-state index < -0.39 is 6.04 Å². The van der Waals surface area contributed by atoms with Crippen molar-refractivity contribution in [3.8, 4) is 0 Å². The summed E-state index contributed by atoms with van der Waals surface area (Å²) in [6.07, 6.45) is 2.61. The maximum Gasteiger partial charge on any atom is 0.237 e. The van der Waals surface area contributed by atoms with E-state index in [2.05, 4.69) is 24.5 Å². The Labute approximate surface area is 98.2 Å². The summed E-state index contributed by atoms with van der Waals surface area (Å²) in [4.78, 5) is 22.5. The van der Waals surface area contributed by atoms with Crippen molar-refractivity contribution in [2.75, 3.05) is 7.05 Å². The maximum absolute atomic E-state index is 11.8. The van der Waals surface area contributed by atoms with Crippen LogP contribution in [0.4, 0.5) is 0 Å². The van der Waals surface area contributed by atoms with E-state index in [-0.39, 0.29) is 17.9 Å². The topological polar surface area (TPSA) is 58.2 Å². The van der Waals surface area contributed by atoms with Gasteiger partial charge >= 0.3 is 0 Å². The standard InChI is InChI=1S/C12H23N2O2/c1-8(2)6-10(13-5)12(16)14-11(7-15)9(3)4/h8-11,13H,6H2,1-5H3,(H,14,16)/t10-,11+/m0/s1. The zero-order chi connectivity index (χ0) is 12.7. The van der Waals surface area contributed by atoms with Crippen LogP contribution in [0.3, 0.4) is 0 Å². The van der Waals surface area contributed by atoms with Crippen molar-refractivity contribution in [2.24, 2.45) is 11.8 Å². The highest BCUT2D eigenvalue weighted by atomic mass is 16.2. The molecule has 2 atom stereocenters. The zero-order valence-electron chi connectivity index (χ0n) is 10.8. The highest BCUT2D eigenvalue weighted by Gasteiger charge is 2.22. The minimum atomic E-state index is -0.518. The molecule has 0 aromatic heterocycles. The van der Waals surface area contributed by atoms with Crippen LogP contribution < -0.4 is 10.6 Å². The number of rotatable bonds is 7. The maximum atomic E-state index is 11.8. The molecule has 2 N–H and O–H groups in total. The van der Waals surface area contributed by atoms with Crippen LogP contribution in [-0.4, -0.2) is 31.3 Å². The Bertz CT molecular complexity index is 227. The summed E-state index contributed by atoms with van der Waals surface area (Å²) in [5, 5.41) is 5.66. The third-order valence-electron chi connectivity index (χ3n) is 2.46. The smallest absolute Gasteiger partial charge is 0.237 e. The molecule has 0 aliphatic heterocycles. The van der Waals surface area contributed by atoms with Crippen molar-refractivity contribution in [2.45, 2.75) is 46.2 Å². The molecule has 0 fully saturated rings. The largest absolute Gasteiger partial charge is 0.344 e. The fraction of sp³-hybridized carbons (Fsp3) is 0.833. The molecule has 0 aromatic carbocycles. The lowest BCUT2D eigenvalue weighted by atomic mass is 10.0. The van der Waals surface area contributed by atoms with Crippen LogP contribution in [0.25, 0.3) is 0 Å². The lowest BCUT2D eigenvalue weighted by Gasteiger charge is -2.21. The number of amides is 1. The molecule has 0 rings (SSSR count). The van der Waals surface area contributed by atoms with Gasteiger partial charge in [-0.2, -0.15) is 0 Å². The Kier molecular flexibility index (Phi) is 6.97. The third-order valence-corrected chi connectivity index (χ3v) is 2.46. The molecule has 0 spiro atoms. The van der Waals surface area contributed by atoms with E-state index in [1.54, 1.807) is 7.05 Å². The first-order chi connectivity index (χ1) is 7.42. The summed E-state index contributed by atoms with van der Waals surface area (Å²) in [5.41, 5.74) is 0. The van der Waals surface area contributed by atoms with Crippen LogP contribution in [0.15, 0.2) is 0 Å². The van der Waals surface area contributed by atoms with E-state index >= 15 is 0 Å². The second-order valence-corrected chi connectivity index (χ2v) is 4.82. The minimum absolute atomic E-state index is 0.0676. The van der Waals surface area contributed by atoms with Gasteiger partial charge in [-0.15, -0.1) is 0 Å². The molecular formula is C12H23N2O2. The predicted molar refractivity (Wildman–Crippen MR) is 64.8 cm³/mol. The summed E-state index contributed by atoms with van der Waals surface area (Å²) in [6.45, 7) is 7.88. The molecule has 0 aliphatic rings. The van der Waals surface area contributed by atoms with Gasteiger partial charge in [0.1, 0.15) is 0 Å². The lowest BCUT2D eigenvalue weighted by Crippen LogP contribution is -2.49. The van der Waals surface area contributed by atoms with E-state index in [1.807, 2.05) is 20.1 Å². The molecule has 0 bridgehead atoms. The monoisotopic (exact) mass is 227 g/mol. The van der Waals surface area contributed by atoms with Gasteiger partial charge in [0, 0.05) is 0 Å². The van der Waals surface area contributed by atoms with Crippen molar-refractivity contribution in [3.63, 3.8) is 0 Å². The Morgan fingerprint density at radius 1 is 1.25 bits per heavy atom. The second-order valence-electron chi connectivity index (χ2n) is 4.82. The summed E-state index contributed by atoms with van der Waals surface area (Å²) < 4.78 is 0. The van der Waals surface area contributed by atoms with Gasteiger partial charge in [-0.3, -0.25) is 9.59 Å². The van der Waals surface area contributed by atoms with Crippen LogP contribution in [0, 0.1) is 11.8 Å². The number of carbonyl (C=O) groups excluding carboxylic acids is 2. The van der Waals surface area contributed by atoms with Crippen molar-refractivity contribution >= 4 is 12.2 Å². The number of carbonyl (C=O) groups is 1. The fourth-order valence-electron chi connectivity index (χ4n) is 1.41. The van der Waals surface area contributed by atoms with Crippen LogP contribution in [-0.2, 0) is 9.59 Å². The van der Waals surface area contributed by atoms with E-state index in [0.717, 1.165) is 6.42 Å². The normalized spacial score (nSPS) is 14.9. The number of hydrogen-bond donors (Lipinski definition) is 2. The highest BCUT2D eigenvalue weighted by molar-refractivity contribution is 5.84. The number of nitrogens with one attached hydrogen (secondary N) is 2. The summed E-state index contributed by atoms with van der Waals surface area (Å²) >= 11 is 0. The van der Waals surface area contributed by atoms with Crippen LogP contribution in [0.5, 0.6) is 0 Å². The van der Waals surface area contributed by atoms with Crippen LogP contribution in [0.1, 0.15) is 34.1 Å². The molecule has 0 heterocycles. The number of hydrogen-bond acceptors (Lipinski definition) is 3. The minimum Gasteiger partial charge on any atom is -0.344 e. The van der Waals surface area contributed by atoms with Crippen molar-refractivity contribution in [1.29, 1.82) is 0 Å². The third kappa shape index (κ3) is 5.26. The van der Waals surface area contributed by atoms with Gasteiger partial charge in [-0.25, -0.2) is 0 Å². The van der Waals surface area contributed by atoms with Crippen molar-refractivity contribution in [3.05, 3.63) is 0 Å². The average molecular weight is 227 g/mol. The van der Waals surface area contributed by atoms with E-state index in [1.165, 1.54) is 0 Å². The first-order valence-electron chi connectivity index (χ1n) is 5.77. The average Bonchev–Trinajstić information content (AvgIpc) is 2.21. The first kappa shape index (κ1) is 15.1. The van der Waals surface area contributed by atoms with E-state index in [0.29, 0.717) is 5.92 Å². The molecule has 0 saturated carbocycles. The molecule has 0 unspecified atom stereocenters. The van der Waals surface area contributed by atoms with Gasteiger partial charge in [0.15, 0.2) is 0 Å². The first-order valence-corrected chi connectivity index (χ1v) is 5.77. The van der Waals surface area contributed by atoms with Gasteiger partial charge in [0.05, 0.1) is 12.1 Å². The molecule has 93 valence electrons. The summed E-state index contributed by atoms with van der Waals surface area (Å²) in [6, 6.07) is -0.759. The Balaban J connectivity index is 4.34. The highest BCUT2D eigenvalue weighted by Crippen LogP contribution is 2.06. The molecule has 4 heteroatoms. The van der Waals surface area contributed by atoms with Gasteiger partial charge in [0.25, 0.3) is 0 Å². The molecule has 1 radical (unpaired) electrons. The molecule has 0 saturated heterocycles. The second kappa shape index (κ2) is 7.39. The number of likely N-dealkylation sites (N-methyl/N-ethyl adjacent to an activating group) is 1. The molecule has 16 heavy (non-hydrogen) atoms. The summed E-state index contributed by atoms with van der Waals surface area (Å²) in [5.74, 6) is 0.372. The molecule has 1 amide bonds. The van der Waals surface area contributed by atoms with Gasteiger partial charge in [-0.1, -0.05) is 27.7 Å². The Hall–Kier alpha value is -0.900. The van der Waals surface area contributed by atoms with Crippen molar-refractivity contribution < 1.29 is 9.59 Å². The Morgan fingerprint density at radius 3 is 2.12 bits per heavy atom. The summed E-state index contributed by atoms with van der Waals surface area (Å²) in [7, 11) is 1.75. The zero-order valence-corrected chi connectivity index (χ0v) is 10.8. The van der Waals surface area contributed by atoms with Gasteiger partial charge in [0.2, 0.25) is 12.2 Å². The van der Waals surface area contributed by atoms with Gasteiger partial charge < -0.3 is 10.6 Å². The van der Waals surface area contributed by atoms with Crippen molar-refractivity contribution in [1.82, 2.24) is 10.6 Å². The van der Waals surface area contributed by atoms with E-state index in [4.69, 9.17) is 0 Å². The predicted octanol–water partition coefficient (Wildman–Crippen LogP) is 0.871. The van der Waals surface area contributed by atoms with Crippen LogP contribution in [0.2, 0.25) is 0 Å².